The Bertz CT molecular complexity index is 1330. The summed E-state index contributed by atoms with van der Waals surface area (Å²) in [5.74, 6) is 0. The summed E-state index contributed by atoms with van der Waals surface area (Å²) in [5.41, 5.74) is 3.88. The number of carbonyl (C=O) groups excluding carboxylic acids is 1. The van der Waals surface area contributed by atoms with Gasteiger partial charge in [0.2, 0.25) is 0 Å². The van der Waals surface area contributed by atoms with Crippen molar-refractivity contribution in [2.24, 2.45) is 0 Å². The molecule has 0 bridgehead atoms. The van der Waals surface area contributed by atoms with Crippen LogP contribution in [0.1, 0.15) is 15.9 Å². The zero-order valence-electron chi connectivity index (χ0n) is 15.7. The van der Waals surface area contributed by atoms with Gasteiger partial charge in [-0.1, -0.05) is 0 Å². The molecule has 1 heterocycles. The monoisotopic (exact) mass is 442 g/mol. The predicted octanol–water partition coefficient (Wildman–Crippen LogP) is 4.41. The second-order valence-electron chi connectivity index (χ2n) is 6.89. The average molecular weight is 441 g/mol. The van der Waals surface area contributed by atoms with Crippen molar-refractivity contribution in [3.8, 4) is 0 Å². The zero-order valence-corrected chi connectivity index (χ0v) is 17.4. The molecule has 0 aliphatic carbocycles. The summed E-state index contributed by atoms with van der Waals surface area (Å²) in [6, 6.07) is 30.5. The van der Waals surface area contributed by atoms with E-state index in [-0.39, 0.29) is 19.6 Å². The summed E-state index contributed by atoms with van der Waals surface area (Å²) in [6.07, 6.45) is 1.85. The number of benzene rings is 4. The number of hydrogen-bond acceptors (Lipinski definition) is 2. The van der Waals surface area contributed by atoms with Gasteiger partial charge in [0, 0.05) is 0 Å². The molecule has 0 N–H and O–H groups in total. The van der Waals surface area contributed by atoms with Crippen molar-refractivity contribution >= 4 is 45.9 Å². The van der Waals surface area contributed by atoms with Crippen LogP contribution in [0.3, 0.4) is 0 Å². The normalized spacial score (nSPS) is 11.2. The van der Waals surface area contributed by atoms with Crippen LogP contribution in [0.2, 0.25) is 0 Å². The first-order chi connectivity index (χ1) is 14.3. The second kappa shape index (κ2) is 7.67. The number of hydrogen-bond donors (Lipinski definition) is 0. The number of imidazole rings is 1. The van der Waals surface area contributed by atoms with E-state index in [2.05, 4.69) is 39.9 Å². The van der Waals surface area contributed by atoms with Crippen LogP contribution in [0.15, 0.2) is 97.3 Å². The maximum atomic E-state index is 13.3. The van der Waals surface area contributed by atoms with Crippen LogP contribution in [0, 0.1) is 0 Å². The molecule has 29 heavy (non-hydrogen) atoms. The first-order valence-electron chi connectivity index (χ1n) is 9.47. The molecule has 0 radical (unpaired) electrons. The number of para-hydroxylation sites is 2. The third-order valence-electron chi connectivity index (χ3n) is 5.06. The minimum atomic E-state index is -0.284. The molecular formula is C25H18N2OSe. The fourth-order valence-electron chi connectivity index (χ4n) is 3.62. The molecule has 3 nitrogen and oxygen atoms in total. The molecule has 0 fully saturated rings. The fourth-order valence-corrected chi connectivity index (χ4v) is 5.61. The van der Waals surface area contributed by atoms with Gasteiger partial charge in [0.25, 0.3) is 0 Å². The van der Waals surface area contributed by atoms with E-state index in [0.717, 1.165) is 26.6 Å². The van der Waals surface area contributed by atoms with Crippen molar-refractivity contribution in [2.75, 3.05) is 0 Å². The molecular weight excluding hydrogens is 423 g/mol. The Balaban J connectivity index is 1.48. The van der Waals surface area contributed by atoms with Crippen LogP contribution >= 0.6 is 0 Å². The Kier molecular flexibility index (Phi) is 4.72. The maximum absolute atomic E-state index is 13.3. The summed E-state index contributed by atoms with van der Waals surface area (Å²) in [6.45, 7) is 0.633. The van der Waals surface area contributed by atoms with E-state index in [1.165, 1.54) is 10.8 Å². The van der Waals surface area contributed by atoms with Gasteiger partial charge >= 0.3 is 175 Å². The van der Waals surface area contributed by atoms with Crippen LogP contribution in [0.25, 0.3) is 21.8 Å². The summed E-state index contributed by atoms with van der Waals surface area (Å²) in [5, 5.41) is 2.35. The molecule has 0 spiro atoms. The number of rotatable bonds is 5. The minimum absolute atomic E-state index is 0.203. The van der Waals surface area contributed by atoms with Crippen molar-refractivity contribution in [2.45, 2.75) is 6.54 Å². The van der Waals surface area contributed by atoms with Gasteiger partial charge in [0.05, 0.1) is 0 Å². The molecule has 4 aromatic carbocycles. The SMILES string of the molecule is O=C([Se]c1cccc2ccccc12)c1ccccc1Cn1cnc2ccccc21. The molecule has 140 valence electrons. The molecule has 0 unspecified atom stereocenters. The summed E-state index contributed by atoms with van der Waals surface area (Å²) < 4.78 is 3.43. The van der Waals surface area contributed by atoms with E-state index in [0.29, 0.717) is 6.54 Å². The van der Waals surface area contributed by atoms with Gasteiger partial charge in [-0.2, -0.15) is 0 Å². The summed E-state index contributed by atoms with van der Waals surface area (Å²) in [4.78, 5) is 17.7. The molecule has 1 aromatic heterocycles. The van der Waals surface area contributed by atoms with Crippen molar-refractivity contribution in [1.82, 2.24) is 9.55 Å². The number of carbonyl (C=O) groups is 1. The zero-order chi connectivity index (χ0) is 19.6. The van der Waals surface area contributed by atoms with Crippen molar-refractivity contribution in [3.05, 3.63) is 108 Å². The van der Waals surface area contributed by atoms with Gasteiger partial charge in [0.1, 0.15) is 0 Å². The molecule has 0 aliphatic rings. The van der Waals surface area contributed by atoms with Crippen molar-refractivity contribution in [3.63, 3.8) is 0 Å². The van der Waals surface area contributed by atoms with Gasteiger partial charge in [-0.3, -0.25) is 0 Å². The number of fused-ring (bicyclic) bond motifs is 2. The fraction of sp³-hybridized carbons (Fsp3) is 0.0400. The van der Waals surface area contributed by atoms with E-state index < -0.39 is 0 Å². The van der Waals surface area contributed by atoms with Crippen molar-refractivity contribution in [1.29, 1.82) is 0 Å². The van der Waals surface area contributed by atoms with E-state index in [4.69, 9.17) is 0 Å². The molecule has 0 aliphatic heterocycles. The van der Waals surface area contributed by atoms with Crippen molar-refractivity contribution < 1.29 is 4.79 Å². The van der Waals surface area contributed by atoms with Crippen LogP contribution in [0.4, 0.5) is 0 Å². The van der Waals surface area contributed by atoms with Gasteiger partial charge in [0.15, 0.2) is 0 Å². The topological polar surface area (TPSA) is 34.9 Å². The van der Waals surface area contributed by atoms with Gasteiger partial charge in [-0.05, 0) is 0 Å². The van der Waals surface area contributed by atoms with Crippen LogP contribution in [-0.2, 0) is 6.54 Å². The number of aromatic nitrogens is 2. The molecule has 5 rings (SSSR count). The van der Waals surface area contributed by atoms with E-state index >= 15 is 0 Å². The third kappa shape index (κ3) is 3.49. The Morgan fingerprint density at radius 1 is 0.828 bits per heavy atom. The molecule has 0 atom stereocenters. The van der Waals surface area contributed by atoms with Gasteiger partial charge in [-0.25, -0.2) is 0 Å². The Labute approximate surface area is 175 Å². The number of nitrogens with zero attached hydrogens (tertiary/aromatic N) is 2. The Morgan fingerprint density at radius 2 is 1.59 bits per heavy atom. The quantitative estimate of drug-likeness (QED) is 0.379. The Morgan fingerprint density at radius 3 is 2.55 bits per heavy atom. The molecule has 4 heteroatoms. The van der Waals surface area contributed by atoms with Crippen LogP contribution in [-0.4, -0.2) is 29.2 Å². The molecule has 0 saturated carbocycles. The summed E-state index contributed by atoms with van der Waals surface area (Å²) >= 11 is -0.284. The van der Waals surface area contributed by atoms with Gasteiger partial charge < -0.3 is 0 Å². The third-order valence-corrected chi connectivity index (χ3v) is 7.12. The summed E-state index contributed by atoms with van der Waals surface area (Å²) in [7, 11) is 0. The molecule has 0 saturated heterocycles. The first-order valence-corrected chi connectivity index (χ1v) is 11.2. The van der Waals surface area contributed by atoms with E-state index in [1.54, 1.807) is 0 Å². The molecule has 0 amide bonds. The Hall–Kier alpha value is -3.20. The first kappa shape index (κ1) is 17.9. The molecule has 5 aromatic rings. The van der Waals surface area contributed by atoms with E-state index in [1.807, 2.05) is 67.0 Å². The average Bonchev–Trinajstić information content (AvgIpc) is 3.17. The standard InChI is InChI=1S/C25H18N2OSe/c28-25(29-24-15-7-10-18-8-1-3-11-20(18)24)21-12-4-2-9-19(21)16-27-17-26-22-13-5-6-14-23(22)27/h1-15,17H,16H2. The van der Waals surface area contributed by atoms with Crippen LogP contribution in [0.5, 0.6) is 0 Å². The van der Waals surface area contributed by atoms with Crippen LogP contribution < -0.4 is 4.46 Å². The van der Waals surface area contributed by atoms with Gasteiger partial charge in [-0.15, -0.1) is 0 Å². The second-order valence-corrected chi connectivity index (χ2v) is 9.01. The van der Waals surface area contributed by atoms with E-state index in [9.17, 15) is 4.79 Å². The predicted molar refractivity (Wildman–Crippen MR) is 119 cm³/mol.